The van der Waals surface area contributed by atoms with Crippen LogP contribution in [0.1, 0.15) is 4.88 Å². The third-order valence-electron chi connectivity index (χ3n) is 0.988. The summed E-state index contributed by atoms with van der Waals surface area (Å²) in [6.45, 7) is 0. The van der Waals surface area contributed by atoms with Gasteiger partial charge in [-0.2, -0.15) is 4.37 Å². The van der Waals surface area contributed by atoms with Gasteiger partial charge in [-0.1, -0.05) is 0 Å². The number of carboxylic acid groups (broad SMARTS) is 1. The summed E-state index contributed by atoms with van der Waals surface area (Å²) in [5.41, 5.74) is 5.84. The van der Waals surface area contributed by atoms with E-state index in [1.807, 2.05) is 0 Å². The number of rotatable bonds is 2. The van der Waals surface area contributed by atoms with Gasteiger partial charge < -0.3 is 10.8 Å². The molecule has 0 amide bonds. The molecule has 0 aromatic carbocycles. The van der Waals surface area contributed by atoms with E-state index in [0.29, 0.717) is 10.6 Å². The zero-order valence-corrected chi connectivity index (χ0v) is 5.89. The Morgan fingerprint density at radius 1 is 1.90 bits per heavy atom. The van der Waals surface area contributed by atoms with E-state index in [4.69, 9.17) is 10.8 Å². The molecule has 4 nitrogen and oxygen atoms in total. The molecule has 0 aliphatic rings. The zero-order valence-electron chi connectivity index (χ0n) is 5.07. The molecule has 5 heteroatoms. The lowest BCUT2D eigenvalue weighted by Crippen LogP contribution is -1.99. The number of carboxylic acids is 1. The number of aromatic nitrogens is 1. The molecule has 0 fully saturated rings. The van der Waals surface area contributed by atoms with E-state index < -0.39 is 5.97 Å². The van der Waals surface area contributed by atoms with Crippen LogP contribution in [0.4, 0.5) is 5.69 Å². The molecule has 0 saturated carbocycles. The van der Waals surface area contributed by atoms with Crippen LogP contribution >= 0.6 is 11.5 Å². The molecular weight excluding hydrogens is 152 g/mol. The smallest absolute Gasteiger partial charge is 0.308 e. The first-order valence-electron chi connectivity index (χ1n) is 2.61. The molecular formula is C5H6N2O2S. The number of carbonyl (C=O) groups is 1. The van der Waals surface area contributed by atoms with Crippen LogP contribution in [-0.4, -0.2) is 15.4 Å². The monoisotopic (exact) mass is 158 g/mol. The maximum Gasteiger partial charge on any atom is 0.308 e. The Balaban J connectivity index is 2.74. The summed E-state index contributed by atoms with van der Waals surface area (Å²) in [5.74, 6) is -0.879. The molecule has 1 rings (SSSR count). The minimum atomic E-state index is -0.879. The Labute approximate surface area is 61.5 Å². The lowest BCUT2D eigenvalue weighted by Gasteiger charge is -1.89. The first kappa shape index (κ1) is 7.01. The predicted octanol–water partition coefficient (Wildman–Crippen LogP) is 0.352. The normalized spacial score (nSPS) is 9.60. The molecule has 0 bridgehead atoms. The summed E-state index contributed by atoms with van der Waals surface area (Å²) >= 11 is 1.12. The number of nitrogens with two attached hydrogens (primary N) is 1. The van der Waals surface area contributed by atoms with Gasteiger partial charge in [-0.15, -0.1) is 0 Å². The lowest BCUT2D eigenvalue weighted by atomic mass is 10.3. The van der Waals surface area contributed by atoms with Gasteiger partial charge in [0.05, 0.1) is 23.2 Å². The molecule has 0 radical (unpaired) electrons. The zero-order chi connectivity index (χ0) is 7.56. The second-order valence-electron chi connectivity index (χ2n) is 1.77. The molecule has 0 aliphatic carbocycles. The van der Waals surface area contributed by atoms with Crippen LogP contribution in [0, 0.1) is 0 Å². The maximum absolute atomic E-state index is 10.1. The fraction of sp³-hybridized carbons (Fsp3) is 0.200. The second kappa shape index (κ2) is 2.66. The molecule has 0 spiro atoms. The van der Waals surface area contributed by atoms with Gasteiger partial charge in [0, 0.05) is 0 Å². The number of hydrogen-bond acceptors (Lipinski definition) is 4. The van der Waals surface area contributed by atoms with Crippen LogP contribution in [0.3, 0.4) is 0 Å². The van der Waals surface area contributed by atoms with Crippen LogP contribution in [0.5, 0.6) is 0 Å². The van der Waals surface area contributed by atoms with E-state index in [-0.39, 0.29) is 6.42 Å². The van der Waals surface area contributed by atoms with E-state index >= 15 is 0 Å². The summed E-state index contributed by atoms with van der Waals surface area (Å²) in [4.78, 5) is 10.8. The van der Waals surface area contributed by atoms with E-state index in [2.05, 4.69) is 4.37 Å². The Kier molecular flexibility index (Phi) is 1.86. The van der Waals surface area contributed by atoms with Gasteiger partial charge in [0.15, 0.2) is 0 Å². The van der Waals surface area contributed by atoms with E-state index in [1.165, 1.54) is 6.20 Å². The number of anilines is 1. The van der Waals surface area contributed by atoms with E-state index in [0.717, 1.165) is 11.5 Å². The molecule has 3 N–H and O–H groups in total. The maximum atomic E-state index is 10.1. The van der Waals surface area contributed by atoms with Gasteiger partial charge in [0.2, 0.25) is 0 Å². The van der Waals surface area contributed by atoms with Crippen molar-refractivity contribution in [2.45, 2.75) is 6.42 Å². The lowest BCUT2D eigenvalue weighted by molar-refractivity contribution is -0.136. The predicted molar refractivity (Wildman–Crippen MR) is 37.9 cm³/mol. The first-order valence-corrected chi connectivity index (χ1v) is 3.38. The van der Waals surface area contributed by atoms with Gasteiger partial charge in [-0.3, -0.25) is 4.79 Å². The summed E-state index contributed by atoms with van der Waals surface area (Å²) in [6.07, 6.45) is 1.43. The summed E-state index contributed by atoms with van der Waals surface area (Å²) in [5, 5.41) is 8.33. The van der Waals surface area contributed by atoms with Crippen molar-refractivity contribution in [2.24, 2.45) is 0 Å². The van der Waals surface area contributed by atoms with Crippen molar-refractivity contribution in [2.75, 3.05) is 5.73 Å². The van der Waals surface area contributed by atoms with Gasteiger partial charge in [-0.05, 0) is 11.5 Å². The van der Waals surface area contributed by atoms with Crippen LogP contribution < -0.4 is 5.73 Å². The van der Waals surface area contributed by atoms with Gasteiger partial charge in [0.25, 0.3) is 0 Å². The summed E-state index contributed by atoms with van der Waals surface area (Å²) in [6, 6.07) is 0. The van der Waals surface area contributed by atoms with Crippen molar-refractivity contribution in [1.82, 2.24) is 4.37 Å². The highest BCUT2D eigenvalue weighted by Crippen LogP contribution is 2.15. The third-order valence-corrected chi connectivity index (χ3v) is 1.80. The van der Waals surface area contributed by atoms with Gasteiger partial charge >= 0.3 is 5.97 Å². The van der Waals surface area contributed by atoms with Crippen LogP contribution in [0.25, 0.3) is 0 Å². The van der Waals surface area contributed by atoms with Crippen LogP contribution in [-0.2, 0) is 11.2 Å². The van der Waals surface area contributed by atoms with Crippen molar-refractivity contribution in [3.05, 3.63) is 11.1 Å². The molecule has 1 heterocycles. The third kappa shape index (κ3) is 1.44. The van der Waals surface area contributed by atoms with Crippen molar-refractivity contribution in [1.29, 1.82) is 0 Å². The molecule has 0 aliphatic heterocycles. The van der Waals surface area contributed by atoms with Crippen molar-refractivity contribution < 1.29 is 9.90 Å². The Morgan fingerprint density at radius 3 is 3.00 bits per heavy atom. The molecule has 54 valence electrons. The number of nitrogen functional groups attached to an aromatic ring is 1. The highest BCUT2D eigenvalue weighted by atomic mass is 32.1. The quantitative estimate of drug-likeness (QED) is 0.651. The SMILES string of the molecule is Nc1cnsc1CC(=O)O. The fourth-order valence-corrected chi connectivity index (χ4v) is 1.18. The van der Waals surface area contributed by atoms with Gasteiger partial charge in [-0.25, -0.2) is 0 Å². The average molecular weight is 158 g/mol. The van der Waals surface area contributed by atoms with Crippen LogP contribution in [0.15, 0.2) is 6.20 Å². The largest absolute Gasteiger partial charge is 0.481 e. The number of aliphatic carboxylic acids is 1. The van der Waals surface area contributed by atoms with E-state index in [1.54, 1.807) is 0 Å². The molecule has 0 atom stereocenters. The second-order valence-corrected chi connectivity index (χ2v) is 2.66. The standard InChI is InChI=1S/C5H6N2O2S/c6-3-2-7-10-4(3)1-5(8)9/h2H,1,6H2,(H,8,9). The molecule has 0 unspecified atom stereocenters. The average Bonchev–Trinajstić information content (AvgIpc) is 2.15. The summed E-state index contributed by atoms with van der Waals surface area (Å²) in [7, 11) is 0. The van der Waals surface area contributed by atoms with E-state index in [9.17, 15) is 4.79 Å². The number of nitrogens with zero attached hydrogens (tertiary/aromatic N) is 1. The fourth-order valence-electron chi connectivity index (χ4n) is 0.543. The van der Waals surface area contributed by atoms with Crippen molar-refractivity contribution in [3.63, 3.8) is 0 Å². The Morgan fingerprint density at radius 2 is 2.60 bits per heavy atom. The highest BCUT2D eigenvalue weighted by Gasteiger charge is 2.05. The van der Waals surface area contributed by atoms with Crippen LogP contribution in [0.2, 0.25) is 0 Å². The highest BCUT2D eigenvalue weighted by molar-refractivity contribution is 7.06. The Hall–Kier alpha value is -1.10. The molecule has 10 heavy (non-hydrogen) atoms. The molecule has 1 aromatic rings. The first-order chi connectivity index (χ1) is 4.70. The molecule has 0 saturated heterocycles. The Bertz CT molecular complexity index is 246. The summed E-state index contributed by atoms with van der Waals surface area (Å²) < 4.78 is 3.73. The van der Waals surface area contributed by atoms with Gasteiger partial charge in [0.1, 0.15) is 0 Å². The minimum absolute atomic E-state index is 0.0312. The van der Waals surface area contributed by atoms with Crippen molar-refractivity contribution >= 4 is 23.2 Å². The van der Waals surface area contributed by atoms with Crippen molar-refractivity contribution in [3.8, 4) is 0 Å². The topological polar surface area (TPSA) is 76.2 Å². The minimum Gasteiger partial charge on any atom is -0.481 e. The molecule has 1 aromatic heterocycles. The number of hydrogen-bond donors (Lipinski definition) is 2.